The van der Waals surface area contributed by atoms with Crippen molar-refractivity contribution in [1.82, 2.24) is 14.9 Å². The van der Waals surface area contributed by atoms with Crippen LogP contribution in [0.15, 0.2) is 35.3 Å². The molecule has 0 saturated carbocycles. The molecule has 0 aromatic carbocycles. The standard InChI is InChI=1S/C14H18N4O/c15-14-16-6-4-12(17-14)13-3-1-2-7-18(13)9-11-5-8-19-10-11/h4-6,8,10,13H,1-3,7,9H2,(H2,15,16,17). The second kappa shape index (κ2) is 5.40. The maximum atomic E-state index is 5.69. The van der Waals surface area contributed by atoms with Crippen molar-refractivity contribution in [2.45, 2.75) is 31.8 Å². The molecule has 5 nitrogen and oxygen atoms in total. The summed E-state index contributed by atoms with van der Waals surface area (Å²) >= 11 is 0. The van der Waals surface area contributed by atoms with Crippen molar-refractivity contribution < 1.29 is 4.42 Å². The molecule has 2 aromatic rings. The molecule has 3 rings (SSSR count). The first-order chi connectivity index (χ1) is 9.33. The van der Waals surface area contributed by atoms with Crippen LogP contribution in [0, 0.1) is 0 Å². The van der Waals surface area contributed by atoms with Gasteiger partial charge in [0.15, 0.2) is 0 Å². The Balaban J connectivity index is 1.80. The van der Waals surface area contributed by atoms with Gasteiger partial charge < -0.3 is 10.2 Å². The molecule has 3 heterocycles. The molecule has 0 amide bonds. The molecular weight excluding hydrogens is 240 g/mol. The first-order valence-electron chi connectivity index (χ1n) is 6.66. The highest BCUT2D eigenvalue weighted by atomic mass is 16.3. The Labute approximate surface area is 112 Å². The molecule has 100 valence electrons. The molecule has 1 unspecified atom stereocenters. The van der Waals surface area contributed by atoms with Crippen molar-refractivity contribution >= 4 is 5.95 Å². The molecular formula is C14H18N4O. The Morgan fingerprint density at radius 3 is 3.11 bits per heavy atom. The van der Waals surface area contributed by atoms with Gasteiger partial charge in [-0.2, -0.15) is 0 Å². The molecule has 1 atom stereocenters. The van der Waals surface area contributed by atoms with Crippen LogP contribution in [-0.4, -0.2) is 21.4 Å². The van der Waals surface area contributed by atoms with Crippen molar-refractivity contribution in [3.63, 3.8) is 0 Å². The minimum absolute atomic E-state index is 0.328. The second-order valence-electron chi connectivity index (χ2n) is 4.95. The number of hydrogen-bond donors (Lipinski definition) is 1. The quantitative estimate of drug-likeness (QED) is 0.915. The minimum Gasteiger partial charge on any atom is -0.472 e. The van der Waals surface area contributed by atoms with Crippen molar-refractivity contribution in [3.8, 4) is 0 Å². The zero-order valence-corrected chi connectivity index (χ0v) is 10.8. The van der Waals surface area contributed by atoms with Gasteiger partial charge in [-0.25, -0.2) is 9.97 Å². The van der Waals surface area contributed by atoms with Crippen molar-refractivity contribution in [1.29, 1.82) is 0 Å². The van der Waals surface area contributed by atoms with Gasteiger partial charge in [0.1, 0.15) is 0 Å². The molecule has 0 spiro atoms. The predicted octanol–water partition coefficient (Wildman–Crippen LogP) is 2.38. The number of furan rings is 1. The van der Waals surface area contributed by atoms with E-state index in [1.807, 2.05) is 12.1 Å². The van der Waals surface area contributed by atoms with Crippen molar-refractivity contribution in [2.75, 3.05) is 12.3 Å². The SMILES string of the molecule is Nc1nccc(C2CCCCN2Cc2ccoc2)n1. The van der Waals surface area contributed by atoms with E-state index in [2.05, 4.69) is 14.9 Å². The highest BCUT2D eigenvalue weighted by Crippen LogP contribution is 2.31. The van der Waals surface area contributed by atoms with E-state index in [9.17, 15) is 0 Å². The van der Waals surface area contributed by atoms with E-state index in [-0.39, 0.29) is 0 Å². The summed E-state index contributed by atoms with van der Waals surface area (Å²) in [4.78, 5) is 10.8. The van der Waals surface area contributed by atoms with Gasteiger partial charge in [0, 0.05) is 18.3 Å². The molecule has 0 radical (unpaired) electrons. The molecule has 1 fully saturated rings. The van der Waals surface area contributed by atoms with Gasteiger partial charge in [-0.3, -0.25) is 4.90 Å². The topological polar surface area (TPSA) is 68.2 Å². The fraction of sp³-hybridized carbons (Fsp3) is 0.429. The number of rotatable bonds is 3. The number of piperidine rings is 1. The number of likely N-dealkylation sites (tertiary alicyclic amines) is 1. The number of hydrogen-bond acceptors (Lipinski definition) is 5. The summed E-state index contributed by atoms with van der Waals surface area (Å²) in [5, 5.41) is 0. The summed E-state index contributed by atoms with van der Waals surface area (Å²) in [5.41, 5.74) is 7.92. The fourth-order valence-corrected chi connectivity index (χ4v) is 2.71. The lowest BCUT2D eigenvalue weighted by atomic mass is 9.98. The van der Waals surface area contributed by atoms with Crippen LogP contribution in [0.25, 0.3) is 0 Å². The van der Waals surface area contributed by atoms with Crippen LogP contribution in [0.2, 0.25) is 0 Å². The van der Waals surface area contributed by atoms with E-state index in [1.165, 1.54) is 18.4 Å². The van der Waals surface area contributed by atoms with Gasteiger partial charge in [-0.05, 0) is 31.5 Å². The van der Waals surface area contributed by atoms with Gasteiger partial charge in [0.2, 0.25) is 5.95 Å². The van der Waals surface area contributed by atoms with E-state index in [0.29, 0.717) is 12.0 Å². The highest BCUT2D eigenvalue weighted by Gasteiger charge is 2.25. The minimum atomic E-state index is 0.328. The second-order valence-corrected chi connectivity index (χ2v) is 4.95. The van der Waals surface area contributed by atoms with E-state index in [0.717, 1.165) is 25.2 Å². The first kappa shape index (κ1) is 12.2. The third-order valence-corrected chi connectivity index (χ3v) is 3.62. The molecule has 2 aromatic heterocycles. The monoisotopic (exact) mass is 258 g/mol. The molecule has 2 N–H and O–H groups in total. The molecule has 5 heteroatoms. The van der Waals surface area contributed by atoms with Crippen LogP contribution in [0.1, 0.15) is 36.6 Å². The number of anilines is 1. The molecule has 0 aliphatic carbocycles. The van der Waals surface area contributed by atoms with Crippen molar-refractivity contribution in [3.05, 3.63) is 42.1 Å². The largest absolute Gasteiger partial charge is 0.472 e. The summed E-state index contributed by atoms with van der Waals surface area (Å²) < 4.78 is 5.14. The summed E-state index contributed by atoms with van der Waals surface area (Å²) in [5.74, 6) is 0.353. The molecule has 1 aliphatic rings. The van der Waals surface area contributed by atoms with Crippen LogP contribution < -0.4 is 5.73 Å². The summed E-state index contributed by atoms with van der Waals surface area (Å²) in [6.45, 7) is 1.98. The van der Waals surface area contributed by atoms with Gasteiger partial charge in [0.05, 0.1) is 24.3 Å². The van der Waals surface area contributed by atoms with Gasteiger partial charge in [-0.1, -0.05) is 6.42 Å². The van der Waals surface area contributed by atoms with Crippen LogP contribution >= 0.6 is 0 Å². The average molecular weight is 258 g/mol. The predicted molar refractivity (Wildman–Crippen MR) is 72.2 cm³/mol. The van der Waals surface area contributed by atoms with Gasteiger partial charge >= 0.3 is 0 Å². The molecule has 1 saturated heterocycles. The van der Waals surface area contributed by atoms with Crippen LogP contribution in [-0.2, 0) is 6.54 Å². The Kier molecular flexibility index (Phi) is 3.46. The Bertz CT molecular complexity index is 526. The molecule has 19 heavy (non-hydrogen) atoms. The Hall–Kier alpha value is -1.88. The van der Waals surface area contributed by atoms with Gasteiger partial charge in [0.25, 0.3) is 0 Å². The smallest absolute Gasteiger partial charge is 0.220 e. The third-order valence-electron chi connectivity index (χ3n) is 3.62. The van der Waals surface area contributed by atoms with E-state index in [4.69, 9.17) is 10.2 Å². The Morgan fingerprint density at radius 1 is 1.37 bits per heavy atom. The summed E-state index contributed by atoms with van der Waals surface area (Å²) in [6, 6.07) is 4.31. The van der Waals surface area contributed by atoms with Crippen LogP contribution in [0.4, 0.5) is 5.95 Å². The zero-order chi connectivity index (χ0) is 13.1. The highest BCUT2D eigenvalue weighted by molar-refractivity contribution is 5.20. The number of nitrogens with zero attached hydrogens (tertiary/aromatic N) is 3. The number of aromatic nitrogens is 2. The van der Waals surface area contributed by atoms with Crippen LogP contribution in [0.5, 0.6) is 0 Å². The normalized spacial score (nSPS) is 20.5. The average Bonchev–Trinajstić information content (AvgIpc) is 2.92. The maximum absolute atomic E-state index is 5.69. The van der Waals surface area contributed by atoms with Crippen molar-refractivity contribution in [2.24, 2.45) is 0 Å². The Morgan fingerprint density at radius 2 is 2.32 bits per heavy atom. The lowest BCUT2D eigenvalue weighted by molar-refractivity contribution is 0.137. The summed E-state index contributed by atoms with van der Waals surface area (Å²) in [7, 11) is 0. The molecule has 0 bridgehead atoms. The lowest BCUT2D eigenvalue weighted by Gasteiger charge is -2.35. The van der Waals surface area contributed by atoms with E-state index < -0.39 is 0 Å². The third kappa shape index (κ3) is 2.76. The first-order valence-corrected chi connectivity index (χ1v) is 6.66. The zero-order valence-electron chi connectivity index (χ0n) is 10.8. The van der Waals surface area contributed by atoms with E-state index >= 15 is 0 Å². The van der Waals surface area contributed by atoms with Gasteiger partial charge in [-0.15, -0.1) is 0 Å². The number of nitrogens with two attached hydrogens (primary N) is 1. The number of nitrogen functional groups attached to an aromatic ring is 1. The van der Waals surface area contributed by atoms with Crippen LogP contribution in [0.3, 0.4) is 0 Å². The maximum Gasteiger partial charge on any atom is 0.220 e. The fourth-order valence-electron chi connectivity index (χ4n) is 2.71. The lowest BCUT2D eigenvalue weighted by Crippen LogP contribution is -2.33. The molecule has 1 aliphatic heterocycles. The summed E-state index contributed by atoms with van der Waals surface area (Å²) in [6.07, 6.45) is 8.85. The van der Waals surface area contributed by atoms with E-state index in [1.54, 1.807) is 18.7 Å².